The van der Waals surface area contributed by atoms with Gasteiger partial charge in [-0.2, -0.15) is 0 Å². The molecule has 1 heterocycles. The predicted molar refractivity (Wildman–Crippen MR) is 68.8 cm³/mol. The van der Waals surface area contributed by atoms with Crippen LogP contribution in [0.25, 0.3) is 0 Å². The monoisotopic (exact) mass is 253 g/mol. The summed E-state index contributed by atoms with van der Waals surface area (Å²) in [5.41, 5.74) is 5.53. The van der Waals surface area contributed by atoms with Gasteiger partial charge in [-0.3, -0.25) is 9.59 Å². The first-order chi connectivity index (χ1) is 8.68. The maximum absolute atomic E-state index is 12.7. The molecule has 2 aliphatic rings. The van der Waals surface area contributed by atoms with Crippen molar-refractivity contribution in [3.05, 3.63) is 0 Å². The molecular weight excluding hydrogens is 230 g/mol. The van der Waals surface area contributed by atoms with Crippen LogP contribution in [0.4, 0.5) is 0 Å². The highest BCUT2D eigenvalue weighted by Gasteiger charge is 2.41. The van der Waals surface area contributed by atoms with E-state index in [1.807, 2.05) is 4.90 Å². The highest BCUT2D eigenvalue weighted by Crippen LogP contribution is 2.37. The van der Waals surface area contributed by atoms with Gasteiger partial charge in [0.1, 0.15) is 0 Å². The average Bonchev–Trinajstić information content (AvgIpc) is 2.63. The van der Waals surface area contributed by atoms with Crippen LogP contribution in [0.3, 0.4) is 0 Å². The third kappa shape index (κ3) is 2.66. The van der Waals surface area contributed by atoms with Gasteiger partial charge in [-0.1, -0.05) is 19.3 Å². The number of hydrogen-bond acceptors (Lipinski definition) is 3. The van der Waals surface area contributed by atoms with E-state index >= 15 is 0 Å². The Morgan fingerprint density at radius 3 is 2.67 bits per heavy atom. The van der Waals surface area contributed by atoms with Gasteiger partial charge in [0, 0.05) is 32.6 Å². The zero-order valence-electron chi connectivity index (χ0n) is 10.9. The van der Waals surface area contributed by atoms with E-state index in [2.05, 4.69) is 5.32 Å². The molecule has 0 aromatic heterocycles. The van der Waals surface area contributed by atoms with E-state index < -0.39 is 0 Å². The van der Waals surface area contributed by atoms with Crippen LogP contribution in [-0.2, 0) is 9.59 Å². The molecule has 5 heteroatoms. The molecule has 2 fully saturated rings. The smallest absolute Gasteiger partial charge is 0.230 e. The minimum Gasteiger partial charge on any atom is -0.354 e. The lowest BCUT2D eigenvalue weighted by molar-refractivity contribution is -0.143. The Bertz CT molecular complexity index is 324. The molecule has 1 saturated carbocycles. The fourth-order valence-electron chi connectivity index (χ4n) is 3.04. The maximum Gasteiger partial charge on any atom is 0.230 e. The normalized spacial score (nSPS) is 24.3. The summed E-state index contributed by atoms with van der Waals surface area (Å²) in [6, 6.07) is 0. The standard InChI is InChI=1S/C13H23N3O2/c14-10-13(5-2-1-3-6-13)12(18)16-8-4-11(17)15-7-9-16/h1-10,14H2,(H,15,17). The topological polar surface area (TPSA) is 75.4 Å². The van der Waals surface area contributed by atoms with Crippen LogP contribution in [0.15, 0.2) is 0 Å². The van der Waals surface area contributed by atoms with Gasteiger partial charge in [-0.15, -0.1) is 0 Å². The number of amides is 2. The molecule has 0 bridgehead atoms. The second-order valence-electron chi connectivity index (χ2n) is 5.44. The molecule has 1 aliphatic carbocycles. The fourth-order valence-corrected chi connectivity index (χ4v) is 3.04. The molecule has 1 saturated heterocycles. The zero-order valence-corrected chi connectivity index (χ0v) is 10.9. The van der Waals surface area contributed by atoms with E-state index in [4.69, 9.17) is 5.73 Å². The molecule has 0 radical (unpaired) electrons. The second kappa shape index (κ2) is 5.69. The molecule has 2 rings (SSSR count). The molecule has 102 valence electrons. The molecule has 0 aromatic rings. The Hall–Kier alpha value is -1.10. The summed E-state index contributed by atoms with van der Waals surface area (Å²) in [6.45, 7) is 2.15. The van der Waals surface area contributed by atoms with E-state index in [0.29, 0.717) is 32.6 Å². The van der Waals surface area contributed by atoms with E-state index in [1.54, 1.807) is 0 Å². The molecule has 5 nitrogen and oxygen atoms in total. The average molecular weight is 253 g/mol. The first-order valence-corrected chi connectivity index (χ1v) is 6.94. The van der Waals surface area contributed by atoms with Gasteiger partial charge in [0.15, 0.2) is 0 Å². The van der Waals surface area contributed by atoms with Crippen molar-refractivity contribution in [1.82, 2.24) is 10.2 Å². The highest BCUT2D eigenvalue weighted by molar-refractivity contribution is 5.84. The Labute approximate surface area is 108 Å². The summed E-state index contributed by atoms with van der Waals surface area (Å²) >= 11 is 0. The highest BCUT2D eigenvalue weighted by atomic mass is 16.2. The van der Waals surface area contributed by atoms with Crippen LogP contribution < -0.4 is 11.1 Å². The summed E-state index contributed by atoms with van der Waals surface area (Å²) in [5, 5.41) is 2.80. The zero-order chi connectivity index (χ0) is 13.0. The number of nitrogens with zero attached hydrogens (tertiary/aromatic N) is 1. The minimum absolute atomic E-state index is 0.0377. The molecule has 0 unspecified atom stereocenters. The molecule has 1 aliphatic heterocycles. The van der Waals surface area contributed by atoms with Crippen molar-refractivity contribution in [1.29, 1.82) is 0 Å². The lowest BCUT2D eigenvalue weighted by Crippen LogP contribution is -2.50. The molecule has 18 heavy (non-hydrogen) atoms. The maximum atomic E-state index is 12.7. The van der Waals surface area contributed by atoms with Crippen molar-refractivity contribution >= 4 is 11.8 Å². The molecule has 3 N–H and O–H groups in total. The van der Waals surface area contributed by atoms with Gasteiger partial charge >= 0.3 is 0 Å². The van der Waals surface area contributed by atoms with Crippen molar-refractivity contribution in [2.75, 3.05) is 26.2 Å². The molecular formula is C13H23N3O2. The number of carbonyl (C=O) groups excluding carboxylic acids is 2. The summed E-state index contributed by atoms with van der Waals surface area (Å²) in [6.07, 6.45) is 5.60. The lowest BCUT2D eigenvalue weighted by atomic mass is 9.73. The quantitative estimate of drug-likeness (QED) is 0.740. The van der Waals surface area contributed by atoms with Crippen LogP contribution in [0.2, 0.25) is 0 Å². The Morgan fingerprint density at radius 2 is 2.00 bits per heavy atom. The summed E-state index contributed by atoms with van der Waals surface area (Å²) in [5.74, 6) is 0.206. The van der Waals surface area contributed by atoms with Crippen molar-refractivity contribution in [2.45, 2.75) is 38.5 Å². The van der Waals surface area contributed by atoms with Crippen molar-refractivity contribution in [3.8, 4) is 0 Å². The van der Waals surface area contributed by atoms with Crippen LogP contribution in [0.1, 0.15) is 38.5 Å². The molecule has 0 spiro atoms. The van der Waals surface area contributed by atoms with Gasteiger partial charge in [0.25, 0.3) is 0 Å². The first kappa shape index (κ1) is 13.3. The minimum atomic E-state index is -0.356. The van der Waals surface area contributed by atoms with E-state index in [-0.39, 0.29) is 17.2 Å². The summed E-state index contributed by atoms with van der Waals surface area (Å²) in [4.78, 5) is 25.8. The number of nitrogens with two attached hydrogens (primary N) is 1. The van der Waals surface area contributed by atoms with Gasteiger partial charge in [0.2, 0.25) is 11.8 Å². The third-order valence-electron chi connectivity index (χ3n) is 4.25. The molecule has 0 aromatic carbocycles. The summed E-state index contributed by atoms with van der Waals surface area (Å²) < 4.78 is 0. The van der Waals surface area contributed by atoms with Crippen LogP contribution >= 0.6 is 0 Å². The number of rotatable bonds is 2. The number of nitrogens with one attached hydrogen (secondary N) is 1. The first-order valence-electron chi connectivity index (χ1n) is 6.94. The van der Waals surface area contributed by atoms with Crippen molar-refractivity contribution < 1.29 is 9.59 Å². The van der Waals surface area contributed by atoms with Crippen molar-refractivity contribution in [3.63, 3.8) is 0 Å². The Morgan fingerprint density at radius 1 is 1.28 bits per heavy atom. The summed E-state index contributed by atoms with van der Waals surface area (Å²) in [7, 11) is 0. The predicted octanol–water partition coefficient (Wildman–Crippen LogP) is 0.244. The van der Waals surface area contributed by atoms with Gasteiger partial charge < -0.3 is 16.0 Å². The van der Waals surface area contributed by atoms with E-state index in [1.165, 1.54) is 6.42 Å². The Balaban J connectivity index is 2.05. The second-order valence-corrected chi connectivity index (χ2v) is 5.44. The van der Waals surface area contributed by atoms with Gasteiger partial charge in [0.05, 0.1) is 5.41 Å². The fraction of sp³-hybridized carbons (Fsp3) is 0.846. The van der Waals surface area contributed by atoms with Gasteiger partial charge in [-0.25, -0.2) is 0 Å². The van der Waals surface area contributed by atoms with E-state index in [0.717, 1.165) is 25.7 Å². The molecule has 2 amide bonds. The van der Waals surface area contributed by atoms with Crippen LogP contribution in [-0.4, -0.2) is 42.9 Å². The number of carbonyl (C=O) groups is 2. The third-order valence-corrected chi connectivity index (χ3v) is 4.25. The van der Waals surface area contributed by atoms with Crippen LogP contribution in [0.5, 0.6) is 0 Å². The lowest BCUT2D eigenvalue weighted by Gasteiger charge is -2.38. The number of hydrogen-bond donors (Lipinski definition) is 2. The SMILES string of the molecule is NCC1(C(=O)N2CCNC(=O)CC2)CCCCC1. The van der Waals surface area contributed by atoms with E-state index in [9.17, 15) is 9.59 Å². The largest absolute Gasteiger partial charge is 0.354 e. The van der Waals surface area contributed by atoms with Gasteiger partial charge in [-0.05, 0) is 12.8 Å². The Kier molecular flexibility index (Phi) is 4.22. The van der Waals surface area contributed by atoms with Crippen LogP contribution in [0, 0.1) is 5.41 Å². The molecule has 0 atom stereocenters. The van der Waals surface area contributed by atoms with Crippen molar-refractivity contribution in [2.24, 2.45) is 11.1 Å².